The minimum absolute atomic E-state index is 0.127. The number of hydrogen-bond acceptors (Lipinski definition) is 4. The zero-order valence-corrected chi connectivity index (χ0v) is 11.6. The molecule has 0 atom stereocenters. The number of carbonyl (C=O) groups is 1. The number of carbonyl (C=O) groups excluding carboxylic acids is 1. The molecule has 0 N–H and O–H groups in total. The Bertz CT molecular complexity index is 501. The zero-order chi connectivity index (χ0) is 13.5. The average molecular weight is 276 g/mol. The number of nitrogens with zero attached hydrogens (tertiary/aromatic N) is 4. The lowest BCUT2D eigenvalue weighted by Gasteiger charge is -2.17. The smallest absolute Gasteiger partial charge is 0.232 e. The first kappa shape index (κ1) is 13.6. The van der Waals surface area contributed by atoms with Crippen LogP contribution in [-0.2, 0) is 11.3 Å². The molecule has 0 aliphatic carbocycles. The molecule has 2 rings (SSSR count). The molecule has 2 aromatic rings. The van der Waals surface area contributed by atoms with Crippen LogP contribution < -0.4 is 0 Å². The molecule has 0 radical (unpaired) electrons. The lowest BCUT2D eigenvalue weighted by molar-refractivity contribution is -0.127. The lowest BCUT2D eigenvalue weighted by atomic mass is 10.5. The van der Waals surface area contributed by atoms with E-state index in [2.05, 4.69) is 9.97 Å². The first-order valence-corrected chi connectivity index (χ1v) is 6.97. The fourth-order valence-electron chi connectivity index (χ4n) is 1.50. The predicted octanol–water partition coefficient (Wildman–Crippen LogP) is 1.53. The normalized spacial score (nSPS) is 10.4. The van der Waals surface area contributed by atoms with Crippen LogP contribution in [0.1, 0.15) is 0 Å². The highest BCUT2D eigenvalue weighted by atomic mass is 32.2. The van der Waals surface area contributed by atoms with Crippen molar-refractivity contribution in [3.05, 3.63) is 43.2 Å². The molecular weight excluding hydrogens is 260 g/mol. The van der Waals surface area contributed by atoms with Crippen LogP contribution in [0.4, 0.5) is 0 Å². The second-order valence-electron chi connectivity index (χ2n) is 4.09. The van der Waals surface area contributed by atoms with Gasteiger partial charge in [0.15, 0.2) is 0 Å². The molecule has 6 heteroatoms. The maximum atomic E-state index is 11.9. The van der Waals surface area contributed by atoms with Crippen molar-refractivity contribution in [2.45, 2.75) is 11.4 Å². The van der Waals surface area contributed by atoms with Crippen LogP contribution in [0.2, 0.25) is 0 Å². The van der Waals surface area contributed by atoms with Gasteiger partial charge in [-0.3, -0.25) is 9.78 Å². The number of likely N-dealkylation sites (N-methyl/N-ethyl adjacent to an activating group) is 1. The van der Waals surface area contributed by atoms with E-state index in [0.29, 0.717) is 12.3 Å². The van der Waals surface area contributed by atoms with Gasteiger partial charge < -0.3 is 9.47 Å². The summed E-state index contributed by atoms with van der Waals surface area (Å²) >= 11 is 1.53. The molecule has 0 aliphatic heterocycles. The van der Waals surface area contributed by atoms with Crippen molar-refractivity contribution < 1.29 is 4.79 Å². The maximum absolute atomic E-state index is 11.9. The summed E-state index contributed by atoms with van der Waals surface area (Å²) in [6.45, 7) is 1.45. The Hall–Kier alpha value is -1.82. The van der Waals surface area contributed by atoms with Crippen molar-refractivity contribution in [3.8, 4) is 0 Å². The molecule has 2 aromatic heterocycles. The molecule has 0 bridgehead atoms. The molecule has 19 heavy (non-hydrogen) atoms. The lowest BCUT2D eigenvalue weighted by Crippen LogP contribution is -2.31. The fraction of sp³-hybridized carbons (Fsp3) is 0.308. The van der Waals surface area contributed by atoms with Gasteiger partial charge in [-0.15, -0.1) is 11.8 Å². The summed E-state index contributed by atoms with van der Waals surface area (Å²) in [7, 11) is 1.83. The number of imidazole rings is 1. The van der Waals surface area contributed by atoms with Gasteiger partial charge in [-0.2, -0.15) is 0 Å². The summed E-state index contributed by atoms with van der Waals surface area (Å²) in [5.41, 5.74) is 0. The van der Waals surface area contributed by atoms with E-state index in [0.717, 1.165) is 11.4 Å². The van der Waals surface area contributed by atoms with Crippen LogP contribution >= 0.6 is 11.8 Å². The molecule has 5 nitrogen and oxygen atoms in total. The molecule has 0 aromatic carbocycles. The number of aromatic nitrogens is 3. The summed E-state index contributed by atoms with van der Waals surface area (Å²) in [4.78, 5) is 22.7. The van der Waals surface area contributed by atoms with Crippen LogP contribution in [-0.4, -0.2) is 44.7 Å². The highest BCUT2D eigenvalue weighted by Gasteiger charge is 2.09. The molecule has 0 fully saturated rings. The van der Waals surface area contributed by atoms with E-state index in [1.807, 2.05) is 29.9 Å². The van der Waals surface area contributed by atoms with Gasteiger partial charge in [0.05, 0.1) is 12.1 Å². The van der Waals surface area contributed by atoms with Crippen molar-refractivity contribution in [1.82, 2.24) is 19.4 Å². The number of pyridine rings is 1. The van der Waals surface area contributed by atoms with Gasteiger partial charge in [-0.05, 0) is 12.1 Å². The maximum Gasteiger partial charge on any atom is 0.232 e. The Balaban J connectivity index is 1.73. The van der Waals surface area contributed by atoms with Crippen molar-refractivity contribution in [1.29, 1.82) is 0 Å². The standard InChI is InChI=1S/C13H16N4OS/c1-16(8-9-17-7-6-15-11-17)13(18)10-19-12-2-4-14-5-3-12/h2-7,11H,8-10H2,1H3. The van der Waals surface area contributed by atoms with Crippen LogP contribution in [0.5, 0.6) is 0 Å². The summed E-state index contributed by atoms with van der Waals surface area (Å²) in [5.74, 6) is 0.576. The highest BCUT2D eigenvalue weighted by molar-refractivity contribution is 8.00. The van der Waals surface area contributed by atoms with Gasteiger partial charge in [0.2, 0.25) is 5.91 Å². The SMILES string of the molecule is CN(CCn1ccnc1)C(=O)CSc1ccncc1. The van der Waals surface area contributed by atoms with Crippen LogP contribution in [0.15, 0.2) is 48.1 Å². The summed E-state index contributed by atoms with van der Waals surface area (Å²) < 4.78 is 1.96. The first-order chi connectivity index (χ1) is 9.25. The van der Waals surface area contributed by atoms with Crippen molar-refractivity contribution in [2.75, 3.05) is 19.3 Å². The van der Waals surface area contributed by atoms with Crippen LogP contribution in [0.25, 0.3) is 0 Å². The topological polar surface area (TPSA) is 51.0 Å². The Morgan fingerprint density at radius 2 is 2.11 bits per heavy atom. The van der Waals surface area contributed by atoms with E-state index in [9.17, 15) is 4.79 Å². The van der Waals surface area contributed by atoms with E-state index >= 15 is 0 Å². The van der Waals surface area contributed by atoms with Crippen LogP contribution in [0.3, 0.4) is 0 Å². The summed E-state index contributed by atoms with van der Waals surface area (Å²) in [6, 6.07) is 3.81. The molecule has 0 saturated heterocycles. The number of amides is 1. The molecule has 0 saturated carbocycles. The minimum atomic E-state index is 0.127. The second kappa shape index (κ2) is 6.94. The largest absolute Gasteiger partial charge is 0.343 e. The van der Waals surface area contributed by atoms with Gasteiger partial charge in [-0.25, -0.2) is 4.98 Å². The molecule has 0 unspecified atom stereocenters. The summed E-state index contributed by atoms with van der Waals surface area (Å²) in [6.07, 6.45) is 8.85. The number of rotatable bonds is 6. The summed E-state index contributed by atoms with van der Waals surface area (Å²) in [5, 5.41) is 0. The molecule has 100 valence electrons. The third-order valence-electron chi connectivity index (χ3n) is 2.69. The van der Waals surface area contributed by atoms with E-state index < -0.39 is 0 Å². The minimum Gasteiger partial charge on any atom is -0.343 e. The van der Waals surface area contributed by atoms with Crippen molar-refractivity contribution in [3.63, 3.8) is 0 Å². The van der Waals surface area contributed by atoms with Gasteiger partial charge >= 0.3 is 0 Å². The van der Waals surface area contributed by atoms with E-state index in [-0.39, 0.29) is 5.91 Å². The monoisotopic (exact) mass is 276 g/mol. The van der Waals surface area contributed by atoms with Gasteiger partial charge in [0.25, 0.3) is 0 Å². The predicted molar refractivity (Wildman–Crippen MR) is 74.8 cm³/mol. The average Bonchev–Trinajstić information content (AvgIpc) is 2.96. The Morgan fingerprint density at radius 3 is 2.79 bits per heavy atom. The van der Waals surface area contributed by atoms with Gasteiger partial charge in [0, 0.05) is 49.8 Å². The highest BCUT2D eigenvalue weighted by Crippen LogP contribution is 2.16. The first-order valence-electron chi connectivity index (χ1n) is 5.98. The van der Waals surface area contributed by atoms with Crippen molar-refractivity contribution >= 4 is 17.7 Å². The molecule has 2 heterocycles. The Labute approximate surface area is 116 Å². The Morgan fingerprint density at radius 1 is 1.32 bits per heavy atom. The molecule has 1 amide bonds. The number of thioether (sulfide) groups is 1. The Kier molecular flexibility index (Phi) is 4.97. The van der Waals surface area contributed by atoms with Crippen LogP contribution in [0, 0.1) is 0 Å². The van der Waals surface area contributed by atoms with E-state index in [1.165, 1.54) is 11.8 Å². The van der Waals surface area contributed by atoms with Gasteiger partial charge in [-0.1, -0.05) is 0 Å². The number of hydrogen-bond donors (Lipinski definition) is 0. The molecule has 0 spiro atoms. The zero-order valence-electron chi connectivity index (χ0n) is 10.8. The second-order valence-corrected chi connectivity index (χ2v) is 5.14. The van der Waals surface area contributed by atoms with Crippen molar-refractivity contribution in [2.24, 2.45) is 0 Å². The fourth-order valence-corrected chi connectivity index (χ4v) is 2.32. The molecular formula is C13H16N4OS. The van der Waals surface area contributed by atoms with E-state index in [1.54, 1.807) is 29.8 Å². The quantitative estimate of drug-likeness (QED) is 0.751. The van der Waals surface area contributed by atoms with E-state index in [4.69, 9.17) is 0 Å². The third-order valence-corrected chi connectivity index (χ3v) is 3.69. The third kappa shape index (κ3) is 4.40. The van der Waals surface area contributed by atoms with Gasteiger partial charge in [0.1, 0.15) is 0 Å². The molecule has 0 aliphatic rings.